The van der Waals surface area contributed by atoms with Gasteiger partial charge in [-0.25, -0.2) is 13.9 Å². The Labute approximate surface area is 221 Å². The van der Waals surface area contributed by atoms with Gasteiger partial charge in [-0.3, -0.25) is 0 Å². The second-order valence-electron chi connectivity index (χ2n) is 9.53. The van der Waals surface area contributed by atoms with Crippen molar-refractivity contribution in [3.8, 4) is 11.5 Å². The Hall–Kier alpha value is -4.65. The summed E-state index contributed by atoms with van der Waals surface area (Å²) in [4.78, 5) is 15.8. The number of halogens is 1. The maximum absolute atomic E-state index is 14.0. The van der Waals surface area contributed by atoms with Crippen LogP contribution in [0.25, 0.3) is 11.5 Å². The number of para-hydroxylation sites is 1. The molecule has 1 N–H and O–H groups in total. The third kappa shape index (κ3) is 4.16. The lowest BCUT2D eigenvalue weighted by molar-refractivity contribution is 0.194. The van der Waals surface area contributed by atoms with Gasteiger partial charge < -0.3 is 14.8 Å². The van der Waals surface area contributed by atoms with Gasteiger partial charge in [-0.1, -0.05) is 55.0 Å². The Morgan fingerprint density at radius 1 is 0.974 bits per heavy atom. The number of rotatable bonds is 4. The van der Waals surface area contributed by atoms with Crippen molar-refractivity contribution in [3.05, 3.63) is 131 Å². The van der Waals surface area contributed by atoms with Crippen molar-refractivity contribution in [2.75, 3.05) is 5.32 Å². The summed E-state index contributed by atoms with van der Waals surface area (Å²) in [7, 11) is 0. The van der Waals surface area contributed by atoms with Crippen molar-refractivity contribution in [1.29, 1.82) is 0 Å². The van der Waals surface area contributed by atoms with Crippen LogP contribution in [0, 0.1) is 12.7 Å². The van der Waals surface area contributed by atoms with Crippen LogP contribution >= 0.6 is 0 Å². The second kappa shape index (κ2) is 9.67. The van der Waals surface area contributed by atoms with E-state index >= 15 is 0 Å². The molecule has 2 aromatic heterocycles. The molecular weight excluding hydrogens is 477 g/mol. The van der Waals surface area contributed by atoms with Gasteiger partial charge in [0, 0.05) is 17.4 Å². The summed E-state index contributed by atoms with van der Waals surface area (Å²) in [6.07, 6.45) is 2.76. The van der Waals surface area contributed by atoms with E-state index in [2.05, 4.69) is 54.1 Å². The number of nitrogens with zero attached hydrogens (tertiary/aromatic N) is 4. The van der Waals surface area contributed by atoms with Crippen LogP contribution in [0.5, 0.6) is 0 Å². The molecule has 6 rings (SSSR count). The molecule has 0 saturated heterocycles. The number of aromatic nitrogens is 3. The molecule has 5 aromatic rings. The Morgan fingerprint density at radius 2 is 1.71 bits per heavy atom. The highest BCUT2D eigenvalue weighted by Crippen LogP contribution is 2.39. The normalized spacial score (nSPS) is 14.5. The standard InChI is InChI=1S/C31H28FN5O/c1-3-27-26-20-36(31(38)33-24-17-15-23(32)16-18-24)29(22-13-11-21(2)12-14-22)28-10-7-19-35(28)30(26)37(34-27)25-8-5-4-6-9-25/h4-19,29H,3,20H2,1-2H3,(H,33,38)/t29-/m1/s1. The first-order valence-corrected chi connectivity index (χ1v) is 12.8. The second-order valence-corrected chi connectivity index (χ2v) is 9.53. The van der Waals surface area contributed by atoms with E-state index < -0.39 is 0 Å². The Morgan fingerprint density at radius 3 is 2.42 bits per heavy atom. The van der Waals surface area contributed by atoms with Crippen LogP contribution in [0.2, 0.25) is 0 Å². The van der Waals surface area contributed by atoms with Crippen LogP contribution < -0.4 is 5.32 Å². The highest BCUT2D eigenvalue weighted by atomic mass is 19.1. The molecule has 2 amide bonds. The van der Waals surface area contributed by atoms with E-state index in [0.29, 0.717) is 12.2 Å². The van der Waals surface area contributed by atoms with Crippen molar-refractivity contribution < 1.29 is 9.18 Å². The number of urea groups is 1. The Bertz CT molecular complexity index is 1590. The number of carbonyl (C=O) groups excluding carboxylic acids is 1. The monoisotopic (exact) mass is 505 g/mol. The van der Waals surface area contributed by atoms with Gasteiger partial charge in [0.1, 0.15) is 11.6 Å². The third-order valence-electron chi connectivity index (χ3n) is 7.05. The first kappa shape index (κ1) is 23.7. The molecule has 6 nitrogen and oxygen atoms in total. The van der Waals surface area contributed by atoms with Crippen LogP contribution in [0.1, 0.15) is 41.0 Å². The zero-order chi connectivity index (χ0) is 26.2. The third-order valence-corrected chi connectivity index (χ3v) is 7.05. The number of amides is 2. The molecule has 190 valence electrons. The van der Waals surface area contributed by atoms with Crippen molar-refractivity contribution in [2.24, 2.45) is 0 Å². The Balaban J connectivity index is 1.54. The van der Waals surface area contributed by atoms with Gasteiger partial charge in [0.15, 0.2) is 0 Å². The first-order chi connectivity index (χ1) is 18.5. The van der Waals surface area contributed by atoms with Gasteiger partial charge in [0.2, 0.25) is 0 Å². The molecule has 1 aliphatic rings. The maximum Gasteiger partial charge on any atom is 0.322 e. The molecule has 0 fully saturated rings. The molecule has 3 heterocycles. The molecule has 1 aliphatic heterocycles. The summed E-state index contributed by atoms with van der Waals surface area (Å²) in [5.74, 6) is 0.584. The van der Waals surface area contributed by atoms with E-state index in [9.17, 15) is 9.18 Å². The number of nitrogens with one attached hydrogen (secondary N) is 1. The van der Waals surface area contributed by atoms with E-state index in [-0.39, 0.29) is 17.9 Å². The minimum atomic E-state index is -0.354. The predicted octanol–water partition coefficient (Wildman–Crippen LogP) is 6.81. The topological polar surface area (TPSA) is 55.1 Å². The minimum Gasteiger partial charge on any atom is -0.308 e. The number of carbonyl (C=O) groups is 1. The Kier molecular flexibility index (Phi) is 6.04. The molecule has 38 heavy (non-hydrogen) atoms. The van der Waals surface area contributed by atoms with Crippen molar-refractivity contribution in [2.45, 2.75) is 32.9 Å². The number of aryl methyl sites for hydroxylation is 2. The fourth-order valence-electron chi connectivity index (χ4n) is 5.18. The fourth-order valence-corrected chi connectivity index (χ4v) is 5.18. The predicted molar refractivity (Wildman–Crippen MR) is 146 cm³/mol. The molecule has 0 aliphatic carbocycles. The van der Waals surface area contributed by atoms with E-state index in [1.807, 2.05) is 52.2 Å². The highest BCUT2D eigenvalue weighted by Gasteiger charge is 2.36. The average molecular weight is 506 g/mol. The number of hydrogen-bond donors (Lipinski definition) is 1. The average Bonchev–Trinajstić information content (AvgIpc) is 3.52. The van der Waals surface area contributed by atoms with Crippen LogP contribution in [0.15, 0.2) is 97.2 Å². The van der Waals surface area contributed by atoms with Crippen molar-refractivity contribution in [3.63, 3.8) is 0 Å². The maximum atomic E-state index is 14.0. The van der Waals surface area contributed by atoms with Gasteiger partial charge in [-0.15, -0.1) is 0 Å². The number of benzene rings is 3. The van der Waals surface area contributed by atoms with Crippen molar-refractivity contribution in [1.82, 2.24) is 19.2 Å². The van der Waals surface area contributed by atoms with Crippen LogP contribution in [0.4, 0.5) is 14.9 Å². The molecule has 7 heteroatoms. The summed E-state index contributed by atoms with van der Waals surface area (Å²) >= 11 is 0. The summed E-state index contributed by atoms with van der Waals surface area (Å²) < 4.78 is 17.7. The quantitative estimate of drug-likeness (QED) is 0.292. The highest BCUT2D eigenvalue weighted by molar-refractivity contribution is 5.90. The first-order valence-electron chi connectivity index (χ1n) is 12.8. The molecular formula is C31H28FN5O. The van der Waals surface area contributed by atoms with Crippen LogP contribution in [-0.4, -0.2) is 25.3 Å². The van der Waals surface area contributed by atoms with E-state index in [4.69, 9.17) is 5.10 Å². The zero-order valence-corrected chi connectivity index (χ0v) is 21.3. The van der Waals surface area contributed by atoms with Gasteiger partial charge in [0.05, 0.1) is 29.7 Å². The lowest BCUT2D eigenvalue weighted by Gasteiger charge is -2.31. The molecule has 3 aromatic carbocycles. The summed E-state index contributed by atoms with van der Waals surface area (Å²) in [6, 6.07) is 27.7. The summed E-state index contributed by atoms with van der Waals surface area (Å²) in [5, 5.41) is 7.98. The number of fused-ring (bicyclic) bond motifs is 3. The molecule has 0 spiro atoms. The molecule has 0 unspecified atom stereocenters. The summed E-state index contributed by atoms with van der Waals surface area (Å²) in [5.41, 5.74) is 6.55. The van der Waals surface area contributed by atoms with Gasteiger partial charge in [-0.05, 0) is 67.4 Å². The van der Waals surface area contributed by atoms with Crippen LogP contribution in [-0.2, 0) is 13.0 Å². The van der Waals surface area contributed by atoms with Crippen molar-refractivity contribution >= 4 is 11.7 Å². The van der Waals surface area contributed by atoms with Gasteiger partial charge in [-0.2, -0.15) is 5.10 Å². The lowest BCUT2D eigenvalue weighted by atomic mass is 10.0. The molecule has 0 bridgehead atoms. The van der Waals surface area contributed by atoms with Crippen LogP contribution in [0.3, 0.4) is 0 Å². The van der Waals surface area contributed by atoms with E-state index in [1.54, 1.807) is 12.1 Å². The zero-order valence-electron chi connectivity index (χ0n) is 21.3. The molecule has 1 atom stereocenters. The molecule has 0 saturated carbocycles. The smallest absolute Gasteiger partial charge is 0.308 e. The fraction of sp³-hybridized carbons (Fsp3) is 0.161. The SMILES string of the molecule is CCc1nn(-c2ccccc2)c2c1CN(C(=O)Nc1ccc(F)cc1)[C@H](c1ccc(C)cc1)c1cccn1-2. The van der Waals surface area contributed by atoms with Gasteiger partial charge in [0.25, 0.3) is 0 Å². The minimum absolute atomic E-state index is 0.266. The lowest BCUT2D eigenvalue weighted by Crippen LogP contribution is -2.38. The number of hydrogen-bond acceptors (Lipinski definition) is 2. The number of anilines is 1. The molecule has 0 radical (unpaired) electrons. The summed E-state index contributed by atoms with van der Waals surface area (Å²) in [6.45, 7) is 4.49. The van der Waals surface area contributed by atoms with Gasteiger partial charge >= 0.3 is 6.03 Å². The van der Waals surface area contributed by atoms with E-state index in [0.717, 1.165) is 46.0 Å². The largest absolute Gasteiger partial charge is 0.322 e. The van der Waals surface area contributed by atoms with E-state index in [1.165, 1.54) is 12.1 Å².